The van der Waals surface area contributed by atoms with Crippen molar-refractivity contribution in [3.63, 3.8) is 0 Å². The third kappa shape index (κ3) is 2.53. The second-order valence-electron chi connectivity index (χ2n) is 7.94. The third-order valence-electron chi connectivity index (χ3n) is 6.37. The van der Waals surface area contributed by atoms with Crippen LogP contribution in [0.5, 0.6) is 0 Å². The van der Waals surface area contributed by atoms with E-state index in [0.717, 1.165) is 30.2 Å². The van der Waals surface area contributed by atoms with Crippen molar-refractivity contribution in [2.75, 3.05) is 0 Å². The molecule has 1 aromatic carbocycles. The van der Waals surface area contributed by atoms with Crippen molar-refractivity contribution < 1.29 is 5.11 Å². The van der Waals surface area contributed by atoms with Gasteiger partial charge in [-0.3, -0.25) is 5.32 Å². The van der Waals surface area contributed by atoms with E-state index < -0.39 is 5.72 Å². The van der Waals surface area contributed by atoms with Crippen LogP contribution in [0.3, 0.4) is 0 Å². The summed E-state index contributed by atoms with van der Waals surface area (Å²) in [6.07, 6.45) is 6.92. The summed E-state index contributed by atoms with van der Waals surface area (Å²) in [6, 6.07) is 10.4. The largest absolute Gasteiger partial charge is 0.376 e. The van der Waals surface area contributed by atoms with E-state index in [-0.39, 0.29) is 0 Å². The SMILES string of the molecule is CC(O)(NCc1ccccc1)C1C2CC3CC(C2)CC1C3. The first kappa shape index (κ1) is 13.8. The maximum atomic E-state index is 11.1. The third-order valence-corrected chi connectivity index (χ3v) is 6.37. The van der Waals surface area contributed by atoms with E-state index in [9.17, 15) is 5.11 Å². The highest BCUT2D eigenvalue weighted by Gasteiger charge is 2.53. The second-order valence-corrected chi connectivity index (χ2v) is 7.94. The molecule has 4 fully saturated rings. The molecule has 1 unspecified atom stereocenters. The van der Waals surface area contributed by atoms with Gasteiger partial charge in [-0.25, -0.2) is 0 Å². The Hall–Kier alpha value is -0.860. The van der Waals surface area contributed by atoms with Crippen molar-refractivity contribution in [2.45, 2.75) is 51.3 Å². The van der Waals surface area contributed by atoms with E-state index in [2.05, 4.69) is 29.6 Å². The molecule has 0 heterocycles. The van der Waals surface area contributed by atoms with Crippen molar-refractivity contribution in [3.8, 4) is 0 Å². The van der Waals surface area contributed by atoms with E-state index in [4.69, 9.17) is 0 Å². The fourth-order valence-electron chi connectivity index (χ4n) is 5.84. The second kappa shape index (κ2) is 5.10. The molecule has 1 atom stereocenters. The highest BCUT2D eigenvalue weighted by atomic mass is 16.3. The van der Waals surface area contributed by atoms with Gasteiger partial charge in [0.1, 0.15) is 5.72 Å². The summed E-state index contributed by atoms with van der Waals surface area (Å²) >= 11 is 0. The van der Waals surface area contributed by atoms with Gasteiger partial charge in [0.2, 0.25) is 0 Å². The van der Waals surface area contributed by atoms with Crippen molar-refractivity contribution in [1.29, 1.82) is 0 Å². The van der Waals surface area contributed by atoms with Crippen molar-refractivity contribution in [1.82, 2.24) is 5.32 Å². The van der Waals surface area contributed by atoms with Crippen LogP contribution in [0.2, 0.25) is 0 Å². The van der Waals surface area contributed by atoms with Gasteiger partial charge in [-0.1, -0.05) is 30.3 Å². The van der Waals surface area contributed by atoms with E-state index >= 15 is 0 Å². The lowest BCUT2D eigenvalue weighted by atomic mass is 9.50. The molecule has 4 aliphatic carbocycles. The van der Waals surface area contributed by atoms with Crippen molar-refractivity contribution >= 4 is 0 Å². The molecule has 21 heavy (non-hydrogen) atoms. The summed E-state index contributed by atoms with van der Waals surface area (Å²) in [5, 5.41) is 14.6. The summed E-state index contributed by atoms with van der Waals surface area (Å²) in [6.45, 7) is 2.78. The molecular weight excluding hydrogens is 258 g/mol. The average Bonchev–Trinajstić information content (AvgIpc) is 2.45. The van der Waals surface area contributed by atoms with Crippen LogP contribution in [0.4, 0.5) is 0 Å². The lowest BCUT2D eigenvalue weighted by Crippen LogP contribution is -2.59. The van der Waals surface area contributed by atoms with E-state index in [1.54, 1.807) is 0 Å². The lowest BCUT2D eigenvalue weighted by molar-refractivity contribution is -0.150. The van der Waals surface area contributed by atoms with Crippen LogP contribution >= 0.6 is 0 Å². The van der Waals surface area contributed by atoms with Crippen LogP contribution in [-0.4, -0.2) is 10.8 Å². The zero-order chi connectivity index (χ0) is 14.4. The minimum absolute atomic E-state index is 0.453. The summed E-state index contributed by atoms with van der Waals surface area (Å²) in [5.41, 5.74) is 0.528. The molecule has 4 saturated carbocycles. The molecule has 114 valence electrons. The molecule has 2 heteroatoms. The molecule has 0 aromatic heterocycles. The first-order chi connectivity index (χ1) is 10.1. The van der Waals surface area contributed by atoms with Crippen LogP contribution in [0.25, 0.3) is 0 Å². The maximum Gasteiger partial charge on any atom is 0.116 e. The number of aliphatic hydroxyl groups is 1. The summed E-state index contributed by atoms with van der Waals surface area (Å²) in [5.74, 6) is 3.88. The Morgan fingerprint density at radius 2 is 1.57 bits per heavy atom. The number of hydrogen-bond acceptors (Lipinski definition) is 2. The van der Waals surface area contributed by atoms with Crippen LogP contribution in [-0.2, 0) is 6.54 Å². The Kier molecular flexibility index (Phi) is 3.35. The molecule has 4 aliphatic rings. The molecule has 4 bridgehead atoms. The molecule has 0 aliphatic heterocycles. The highest BCUT2D eigenvalue weighted by Crippen LogP contribution is 2.58. The number of nitrogens with one attached hydrogen (secondary N) is 1. The number of rotatable bonds is 4. The number of benzene rings is 1. The molecular formula is C19H27NO. The quantitative estimate of drug-likeness (QED) is 0.829. The predicted octanol–water partition coefficient (Wildman–Crippen LogP) is 3.56. The smallest absolute Gasteiger partial charge is 0.116 e. The highest BCUT2D eigenvalue weighted by molar-refractivity contribution is 5.15. The first-order valence-electron chi connectivity index (χ1n) is 8.63. The molecule has 5 rings (SSSR count). The number of hydrogen-bond donors (Lipinski definition) is 2. The standard InChI is InChI=1S/C19H27NO/c1-19(21,20-12-13-5-3-2-4-6-13)18-16-8-14-7-15(10-16)11-17(18)9-14/h2-6,14-18,20-21H,7-12H2,1H3. The summed E-state index contributed by atoms with van der Waals surface area (Å²) < 4.78 is 0. The molecule has 2 nitrogen and oxygen atoms in total. The Morgan fingerprint density at radius 1 is 1.00 bits per heavy atom. The van der Waals surface area contributed by atoms with Gasteiger partial charge in [0.25, 0.3) is 0 Å². The molecule has 0 radical (unpaired) electrons. The van der Waals surface area contributed by atoms with Gasteiger partial charge in [0.05, 0.1) is 0 Å². The minimum atomic E-state index is -0.724. The fraction of sp³-hybridized carbons (Fsp3) is 0.684. The van der Waals surface area contributed by atoms with Crippen LogP contribution in [0.15, 0.2) is 30.3 Å². The topological polar surface area (TPSA) is 32.3 Å². The van der Waals surface area contributed by atoms with Gasteiger partial charge in [0, 0.05) is 12.5 Å². The maximum absolute atomic E-state index is 11.1. The van der Waals surface area contributed by atoms with Crippen LogP contribution in [0.1, 0.15) is 44.6 Å². The van der Waals surface area contributed by atoms with Crippen molar-refractivity contribution in [3.05, 3.63) is 35.9 Å². The van der Waals surface area contributed by atoms with E-state index in [1.165, 1.54) is 37.7 Å². The molecule has 0 amide bonds. The van der Waals surface area contributed by atoms with Crippen LogP contribution in [0, 0.1) is 29.6 Å². The fourth-order valence-corrected chi connectivity index (χ4v) is 5.84. The van der Waals surface area contributed by atoms with Gasteiger partial charge in [0.15, 0.2) is 0 Å². The van der Waals surface area contributed by atoms with Crippen molar-refractivity contribution in [2.24, 2.45) is 29.6 Å². The van der Waals surface area contributed by atoms with Gasteiger partial charge >= 0.3 is 0 Å². The lowest BCUT2D eigenvalue weighted by Gasteiger charge is -2.58. The summed E-state index contributed by atoms with van der Waals surface area (Å²) in [4.78, 5) is 0. The van der Waals surface area contributed by atoms with Gasteiger partial charge in [-0.15, -0.1) is 0 Å². The normalized spacial score (nSPS) is 40.2. The predicted molar refractivity (Wildman–Crippen MR) is 84.4 cm³/mol. The van der Waals surface area contributed by atoms with Gasteiger partial charge in [-0.05, 0) is 68.3 Å². The molecule has 1 aromatic rings. The Balaban J connectivity index is 1.47. The first-order valence-corrected chi connectivity index (χ1v) is 8.63. The monoisotopic (exact) mass is 285 g/mol. The van der Waals surface area contributed by atoms with E-state index in [0.29, 0.717) is 5.92 Å². The molecule has 2 N–H and O–H groups in total. The zero-order valence-electron chi connectivity index (χ0n) is 13.0. The zero-order valence-corrected chi connectivity index (χ0v) is 13.0. The van der Waals surface area contributed by atoms with Crippen LogP contribution < -0.4 is 5.32 Å². The summed E-state index contributed by atoms with van der Waals surface area (Å²) in [7, 11) is 0. The van der Waals surface area contributed by atoms with Gasteiger partial charge < -0.3 is 5.11 Å². The van der Waals surface area contributed by atoms with Gasteiger partial charge in [-0.2, -0.15) is 0 Å². The Bertz CT molecular complexity index is 468. The molecule has 0 saturated heterocycles. The minimum Gasteiger partial charge on any atom is -0.376 e. The Morgan fingerprint density at radius 3 is 2.14 bits per heavy atom. The average molecular weight is 285 g/mol. The Labute approximate surface area is 128 Å². The molecule has 0 spiro atoms. The van der Waals surface area contributed by atoms with E-state index in [1.807, 2.05) is 13.0 Å².